The molecule has 0 aliphatic rings. The second-order valence-corrected chi connectivity index (χ2v) is 6.75. The molecule has 0 aromatic carbocycles. The highest BCUT2D eigenvalue weighted by atomic mass is 32.1. The number of hydrogen-bond donors (Lipinski definition) is 2. The first-order valence-electron chi connectivity index (χ1n) is 6.70. The Bertz CT molecular complexity index is 586. The van der Waals surface area contributed by atoms with E-state index in [1.165, 1.54) is 17.7 Å². The lowest BCUT2D eigenvalue weighted by Gasteiger charge is -2.19. The average Bonchev–Trinajstić information content (AvgIpc) is 2.98. The summed E-state index contributed by atoms with van der Waals surface area (Å²) >= 11 is 1.43. The van der Waals surface area contributed by atoms with Crippen LogP contribution in [0.15, 0.2) is 18.2 Å². The number of carbonyl (C=O) groups excluding carboxylic acids is 1. The molecule has 1 atom stereocenters. The summed E-state index contributed by atoms with van der Waals surface area (Å²) in [5.41, 5.74) is 2.54. The van der Waals surface area contributed by atoms with Gasteiger partial charge in [-0.2, -0.15) is 5.10 Å². The van der Waals surface area contributed by atoms with Gasteiger partial charge in [-0.05, 0) is 6.92 Å². The van der Waals surface area contributed by atoms with E-state index in [4.69, 9.17) is 0 Å². The van der Waals surface area contributed by atoms with Crippen molar-refractivity contribution in [2.24, 2.45) is 0 Å². The molecule has 0 aliphatic carbocycles. The summed E-state index contributed by atoms with van der Waals surface area (Å²) in [4.78, 5) is 20.2. The van der Waals surface area contributed by atoms with Crippen molar-refractivity contribution in [2.75, 3.05) is 5.32 Å². The van der Waals surface area contributed by atoms with Gasteiger partial charge in [0.25, 0.3) is 0 Å². The fourth-order valence-electron chi connectivity index (χ4n) is 1.89. The summed E-state index contributed by atoms with van der Waals surface area (Å²) in [6.07, 6.45) is 3.09. The summed E-state index contributed by atoms with van der Waals surface area (Å²) in [6.45, 7) is 8.69. The van der Waals surface area contributed by atoms with Crippen LogP contribution in [0.4, 0.5) is 9.80 Å². The molecule has 21 heavy (non-hydrogen) atoms. The number of thiazole rings is 1. The predicted octanol–water partition coefficient (Wildman–Crippen LogP) is 2.24. The van der Waals surface area contributed by atoms with Crippen molar-refractivity contribution in [2.45, 2.75) is 45.7 Å². The number of hydrogen-bond acceptors (Lipinski definition) is 5. The molecule has 8 heteroatoms. The van der Waals surface area contributed by atoms with Gasteiger partial charge in [-0.25, -0.2) is 14.8 Å². The van der Waals surface area contributed by atoms with E-state index < -0.39 is 0 Å². The van der Waals surface area contributed by atoms with Crippen LogP contribution in [-0.4, -0.2) is 31.8 Å². The fourth-order valence-corrected chi connectivity index (χ4v) is 2.77. The first kappa shape index (κ1) is 15.4. The molecule has 0 spiro atoms. The van der Waals surface area contributed by atoms with Crippen LogP contribution in [0.5, 0.6) is 0 Å². The van der Waals surface area contributed by atoms with Gasteiger partial charge < -0.3 is 5.32 Å². The Kier molecular flexibility index (Phi) is 4.56. The monoisotopic (exact) mass is 308 g/mol. The third kappa shape index (κ3) is 4.25. The highest BCUT2D eigenvalue weighted by molar-refractivity contribution is 7.14. The van der Waals surface area contributed by atoms with E-state index in [0.717, 1.165) is 10.7 Å². The molecular formula is C13H20N6OS. The first-order chi connectivity index (χ1) is 9.86. The van der Waals surface area contributed by atoms with Crippen molar-refractivity contribution in [3.63, 3.8) is 0 Å². The number of amides is 2. The Morgan fingerprint density at radius 1 is 1.48 bits per heavy atom. The number of nitrogens with one attached hydrogen (secondary N) is 2. The highest BCUT2D eigenvalue weighted by Gasteiger charge is 2.22. The van der Waals surface area contributed by atoms with E-state index in [2.05, 4.69) is 46.5 Å². The van der Waals surface area contributed by atoms with Crippen molar-refractivity contribution in [3.8, 4) is 0 Å². The molecule has 0 saturated heterocycles. The van der Waals surface area contributed by atoms with Gasteiger partial charge >= 0.3 is 6.03 Å². The SMILES string of the molecule is C[C@H](Cn1cncn1)NC(=O)Nc1scnc1C(C)(C)C. The Labute approximate surface area is 127 Å². The van der Waals surface area contributed by atoms with Crippen LogP contribution >= 0.6 is 11.3 Å². The molecule has 2 amide bonds. The third-order valence-corrected chi connectivity index (χ3v) is 3.55. The van der Waals surface area contributed by atoms with Crippen LogP contribution in [0.1, 0.15) is 33.4 Å². The summed E-state index contributed by atoms with van der Waals surface area (Å²) < 4.78 is 1.68. The molecule has 0 fully saturated rings. The zero-order valence-corrected chi connectivity index (χ0v) is 13.4. The lowest BCUT2D eigenvalue weighted by atomic mass is 9.92. The van der Waals surface area contributed by atoms with E-state index in [1.807, 2.05) is 6.92 Å². The van der Waals surface area contributed by atoms with Crippen LogP contribution in [0.2, 0.25) is 0 Å². The quantitative estimate of drug-likeness (QED) is 0.907. The third-order valence-electron chi connectivity index (χ3n) is 2.81. The molecule has 114 valence electrons. The van der Waals surface area contributed by atoms with Gasteiger partial charge in [0.1, 0.15) is 17.7 Å². The summed E-state index contributed by atoms with van der Waals surface area (Å²) in [6, 6.07) is -0.296. The van der Waals surface area contributed by atoms with Gasteiger partial charge in [0.15, 0.2) is 0 Å². The number of carbonyl (C=O) groups is 1. The Morgan fingerprint density at radius 3 is 2.86 bits per heavy atom. The molecule has 0 bridgehead atoms. The summed E-state index contributed by atoms with van der Waals surface area (Å²) in [5, 5.41) is 10.5. The van der Waals surface area contributed by atoms with Gasteiger partial charge in [0.05, 0.1) is 17.7 Å². The van der Waals surface area contributed by atoms with Gasteiger partial charge in [0.2, 0.25) is 0 Å². The molecule has 7 nitrogen and oxygen atoms in total. The Balaban J connectivity index is 1.91. The van der Waals surface area contributed by atoms with Gasteiger partial charge in [-0.3, -0.25) is 10.00 Å². The molecule has 2 rings (SSSR count). The number of urea groups is 1. The van der Waals surface area contributed by atoms with Crippen molar-refractivity contribution in [3.05, 3.63) is 23.9 Å². The van der Waals surface area contributed by atoms with Gasteiger partial charge in [-0.1, -0.05) is 20.8 Å². The largest absolute Gasteiger partial charge is 0.334 e. The standard InChI is InChI=1S/C13H20N6OS/c1-9(5-19-7-14-6-16-19)17-12(20)18-11-10(13(2,3)4)15-8-21-11/h6-9H,5H2,1-4H3,(H2,17,18,20)/t9-/m1/s1. The first-order valence-corrected chi connectivity index (χ1v) is 7.58. The van der Waals surface area contributed by atoms with Gasteiger partial charge in [-0.15, -0.1) is 11.3 Å². The lowest BCUT2D eigenvalue weighted by Crippen LogP contribution is -2.38. The van der Waals surface area contributed by atoms with E-state index in [1.54, 1.807) is 16.5 Å². The normalized spacial score (nSPS) is 13.0. The van der Waals surface area contributed by atoms with E-state index >= 15 is 0 Å². The molecule has 0 unspecified atom stereocenters. The highest BCUT2D eigenvalue weighted by Crippen LogP contribution is 2.31. The van der Waals surface area contributed by atoms with E-state index in [0.29, 0.717) is 6.54 Å². The van der Waals surface area contributed by atoms with Crippen molar-refractivity contribution in [1.29, 1.82) is 0 Å². The van der Waals surface area contributed by atoms with E-state index in [9.17, 15) is 4.79 Å². The average molecular weight is 308 g/mol. The van der Waals surface area contributed by atoms with Crippen LogP contribution in [0.3, 0.4) is 0 Å². The molecular weight excluding hydrogens is 288 g/mol. The minimum absolute atomic E-state index is 0.0577. The lowest BCUT2D eigenvalue weighted by molar-refractivity contribution is 0.247. The van der Waals surface area contributed by atoms with Crippen LogP contribution < -0.4 is 10.6 Å². The number of anilines is 1. The maximum atomic E-state index is 12.0. The number of nitrogens with zero attached hydrogens (tertiary/aromatic N) is 4. The summed E-state index contributed by atoms with van der Waals surface area (Å²) in [5.74, 6) is 0. The maximum absolute atomic E-state index is 12.0. The zero-order valence-electron chi connectivity index (χ0n) is 12.6. The number of aromatic nitrogens is 4. The molecule has 0 saturated carbocycles. The molecule has 0 aliphatic heterocycles. The molecule has 2 aromatic rings. The minimum atomic E-state index is -0.239. The fraction of sp³-hybridized carbons (Fsp3) is 0.538. The smallest absolute Gasteiger partial charge is 0.320 e. The Hall–Kier alpha value is -1.96. The molecule has 2 N–H and O–H groups in total. The van der Waals surface area contributed by atoms with Crippen molar-refractivity contribution < 1.29 is 4.79 Å². The molecule has 2 aromatic heterocycles. The van der Waals surface area contributed by atoms with Crippen molar-refractivity contribution >= 4 is 22.4 Å². The van der Waals surface area contributed by atoms with E-state index in [-0.39, 0.29) is 17.5 Å². The zero-order chi connectivity index (χ0) is 15.5. The maximum Gasteiger partial charge on any atom is 0.320 e. The molecule has 0 radical (unpaired) electrons. The van der Waals surface area contributed by atoms with Crippen molar-refractivity contribution in [1.82, 2.24) is 25.1 Å². The minimum Gasteiger partial charge on any atom is -0.334 e. The van der Waals surface area contributed by atoms with Crippen LogP contribution in [0, 0.1) is 0 Å². The summed E-state index contributed by atoms with van der Waals surface area (Å²) in [7, 11) is 0. The van der Waals surface area contributed by atoms with Gasteiger partial charge in [0, 0.05) is 11.5 Å². The second-order valence-electron chi connectivity index (χ2n) is 5.90. The van der Waals surface area contributed by atoms with Crippen LogP contribution in [-0.2, 0) is 12.0 Å². The number of rotatable bonds is 4. The molecule has 2 heterocycles. The Morgan fingerprint density at radius 2 is 2.24 bits per heavy atom. The topological polar surface area (TPSA) is 84.7 Å². The predicted molar refractivity (Wildman–Crippen MR) is 82.5 cm³/mol. The second kappa shape index (κ2) is 6.21. The van der Waals surface area contributed by atoms with Crippen LogP contribution in [0.25, 0.3) is 0 Å².